The van der Waals surface area contributed by atoms with Crippen LogP contribution in [-0.2, 0) is 16.6 Å². The lowest BCUT2D eigenvalue weighted by molar-refractivity contribution is 0.193. The van der Waals surface area contributed by atoms with E-state index in [1.807, 2.05) is 0 Å². The third-order valence-electron chi connectivity index (χ3n) is 3.62. The monoisotopic (exact) mass is 397 g/mol. The molecule has 2 heterocycles. The van der Waals surface area contributed by atoms with Crippen molar-refractivity contribution in [2.24, 2.45) is 0 Å². The fourth-order valence-corrected chi connectivity index (χ4v) is 4.55. The van der Waals surface area contributed by atoms with Crippen LogP contribution in [0.2, 0.25) is 0 Å². The molecule has 0 bridgehead atoms. The zero-order valence-corrected chi connectivity index (χ0v) is 15.3. The highest BCUT2D eigenvalue weighted by atomic mass is 32.2. The lowest BCUT2D eigenvalue weighted by Crippen LogP contribution is -2.23. The largest absolute Gasteiger partial charge is 0.495 e. The van der Waals surface area contributed by atoms with Crippen LogP contribution in [-0.4, -0.2) is 20.6 Å². The number of sulfonamides is 1. The number of hydrogen-bond acceptors (Lipinski definition) is 6. The fraction of sp³-hybridized carbons (Fsp3) is 0.176. The molecule has 0 aliphatic carbocycles. The Bertz CT molecular complexity index is 983. The molecule has 1 aromatic carbocycles. The molecule has 0 saturated carbocycles. The second kappa shape index (κ2) is 7.58. The Balaban J connectivity index is 1.74. The van der Waals surface area contributed by atoms with Crippen molar-refractivity contribution in [2.75, 3.05) is 7.11 Å². The van der Waals surface area contributed by atoms with E-state index in [4.69, 9.17) is 9.15 Å². The van der Waals surface area contributed by atoms with Gasteiger partial charge in [-0.25, -0.2) is 17.5 Å². The third-order valence-corrected chi connectivity index (χ3v) is 6.18. The van der Waals surface area contributed by atoms with E-state index in [-0.39, 0.29) is 17.2 Å². The van der Waals surface area contributed by atoms with Crippen LogP contribution >= 0.6 is 11.3 Å². The number of aliphatic hydroxyl groups is 1. The van der Waals surface area contributed by atoms with Crippen LogP contribution in [0.3, 0.4) is 0 Å². The van der Waals surface area contributed by atoms with Gasteiger partial charge in [0, 0.05) is 16.3 Å². The van der Waals surface area contributed by atoms with E-state index in [0.717, 1.165) is 12.1 Å². The number of rotatable bonds is 7. The summed E-state index contributed by atoms with van der Waals surface area (Å²) in [6.45, 7) is -0.00244. The molecule has 0 radical (unpaired) electrons. The van der Waals surface area contributed by atoms with Crippen molar-refractivity contribution in [3.63, 3.8) is 0 Å². The number of thiophene rings is 1. The Hall–Kier alpha value is -2.20. The number of hydrogen-bond donors (Lipinski definition) is 2. The Morgan fingerprint density at radius 3 is 2.81 bits per heavy atom. The van der Waals surface area contributed by atoms with Crippen molar-refractivity contribution in [1.82, 2.24) is 4.72 Å². The summed E-state index contributed by atoms with van der Waals surface area (Å²) >= 11 is 1.25. The van der Waals surface area contributed by atoms with Crippen molar-refractivity contribution < 1.29 is 27.1 Å². The molecule has 2 N–H and O–H groups in total. The van der Waals surface area contributed by atoms with E-state index >= 15 is 0 Å². The molecule has 26 heavy (non-hydrogen) atoms. The van der Waals surface area contributed by atoms with Crippen LogP contribution in [0, 0.1) is 5.82 Å². The first-order valence-electron chi connectivity index (χ1n) is 7.54. The number of benzene rings is 1. The van der Waals surface area contributed by atoms with Gasteiger partial charge in [-0.2, -0.15) is 0 Å². The summed E-state index contributed by atoms with van der Waals surface area (Å²) in [4.78, 5) is 1.04. The number of nitrogens with one attached hydrogen (secondary N) is 1. The topological polar surface area (TPSA) is 88.8 Å². The normalized spacial score (nSPS) is 12.9. The van der Waals surface area contributed by atoms with E-state index in [2.05, 4.69) is 4.72 Å². The molecule has 0 aliphatic rings. The van der Waals surface area contributed by atoms with Crippen molar-refractivity contribution in [1.29, 1.82) is 0 Å². The maximum absolute atomic E-state index is 13.4. The molecule has 0 aliphatic heterocycles. The van der Waals surface area contributed by atoms with Gasteiger partial charge >= 0.3 is 0 Å². The fourth-order valence-electron chi connectivity index (χ4n) is 2.33. The highest BCUT2D eigenvalue weighted by Crippen LogP contribution is 2.29. The van der Waals surface area contributed by atoms with Gasteiger partial charge in [0.2, 0.25) is 10.0 Å². The number of methoxy groups -OCH3 is 1. The number of ether oxygens (including phenoxy) is 1. The molecule has 3 rings (SSSR count). The Kier molecular flexibility index (Phi) is 5.42. The first-order valence-corrected chi connectivity index (χ1v) is 9.84. The van der Waals surface area contributed by atoms with Crippen molar-refractivity contribution in [3.05, 3.63) is 70.1 Å². The van der Waals surface area contributed by atoms with Gasteiger partial charge in [-0.15, -0.1) is 11.3 Å². The third kappa shape index (κ3) is 3.96. The van der Waals surface area contributed by atoms with Gasteiger partial charge in [-0.1, -0.05) is 0 Å². The molecular formula is C17H16FNO5S2. The highest BCUT2D eigenvalue weighted by molar-refractivity contribution is 7.89. The second-order valence-corrected chi connectivity index (χ2v) is 8.28. The summed E-state index contributed by atoms with van der Waals surface area (Å²) in [5.74, 6) is -0.214. The molecule has 6 nitrogen and oxygen atoms in total. The summed E-state index contributed by atoms with van der Waals surface area (Å²) in [5, 5.41) is 10.2. The number of aliphatic hydroxyl groups excluding tert-OH is 1. The standard InChI is InChI=1S/C17H16FNO5S2/c1-23-13-6-4-11(18)9-16(13)26(21,22)19-10-12-5-7-15(25-12)17(20)14-3-2-8-24-14/h2-9,17,19-20H,10H2,1H3/t17-/m1/s1. The Morgan fingerprint density at radius 2 is 2.12 bits per heavy atom. The lowest BCUT2D eigenvalue weighted by Gasteiger charge is -2.10. The predicted molar refractivity (Wildman–Crippen MR) is 94.1 cm³/mol. The lowest BCUT2D eigenvalue weighted by atomic mass is 10.2. The highest BCUT2D eigenvalue weighted by Gasteiger charge is 2.21. The second-order valence-electron chi connectivity index (χ2n) is 5.34. The molecule has 1 atom stereocenters. The van der Waals surface area contributed by atoms with Crippen LogP contribution in [0.5, 0.6) is 5.75 Å². The van der Waals surface area contributed by atoms with E-state index < -0.39 is 21.9 Å². The minimum atomic E-state index is -3.97. The van der Waals surface area contributed by atoms with Crippen LogP contribution in [0.25, 0.3) is 0 Å². The summed E-state index contributed by atoms with van der Waals surface area (Å²) in [6.07, 6.45) is 0.553. The minimum Gasteiger partial charge on any atom is -0.495 e. The smallest absolute Gasteiger partial charge is 0.244 e. The van der Waals surface area contributed by atoms with Gasteiger partial charge in [-0.05, 0) is 42.5 Å². The SMILES string of the molecule is COc1ccc(F)cc1S(=O)(=O)NCc1ccc([C@H](O)c2ccco2)s1. The Morgan fingerprint density at radius 1 is 1.31 bits per heavy atom. The average Bonchev–Trinajstić information content (AvgIpc) is 3.31. The molecule has 0 spiro atoms. The van der Waals surface area contributed by atoms with E-state index in [0.29, 0.717) is 15.5 Å². The zero-order chi connectivity index (χ0) is 18.7. The molecule has 0 saturated heterocycles. The van der Waals surface area contributed by atoms with Crippen molar-refractivity contribution >= 4 is 21.4 Å². The van der Waals surface area contributed by atoms with Gasteiger partial charge in [0.1, 0.15) is 28.3 Å². The van der Waals surface area contributed by atoms with Crippen LogP contribution < -0.4 is 9.46 Å². The minimum absolute atomic E-state index is 0.00244. The van der Waals surface area contributed by atoms with Crippen LogP contribution in [0.15, 0.2) is 58.0 Å². The average molecular weight is 397 g/mol. The van der Waals surface area contributed by atoms with Crippen LogP contribution in [0.4, 0.5) is 4.39 Å². The van der Waals surface area contributed by atoms with E-state index in [9.17, 15) is 17.9 Å². The number of halogens is 1. The van der Waals surface area contributed by atoms with Gasteiger partial charge < -0.3 is 14.3 Å². The van der Waals surface area contributed by atoms with Gasteiger partial charge in [0.25, 0.3) is 0 Å². The number of furan rings is 1. The molecule has 0 fully saturated rings. The molecule has 9 heteroatoms. The maximum Gasteiger partial charge on any atom is 0.244 e. The molecule has 3 aromatic rings. The van der Waals surface area contributed by atoms with E-state index in [1.165, 1.54) is 30.8 Å². The summed E-state index contributed by atoms with van der Waals surface area (Å²) in [5.41, 5.74) is 0. The summed E-state index contributed by atoms with van der Waals surface area (Å²) in [6, 6.07) is 10.0. The van der Waals surface area contributed by atoms with Crippen molar-refractivity contribution in [3.8, 4) is 5.75 Å². The Labute approximate surface area is 153 Å². The molecule has 0 amide bonds. The molecular weight excluding hydrogens is 381 g/mol. The molecule has 0 unspecified atom stereocenters. The van der Waals surface area contributed by atoms with Gasteiger partial charge in [0.05, 0.1) is 13.4 Å². The van der Waals surface area contributed by atoms with Crippen molar-refractivity contribution in [2.45, 2.75) is 17.5 Å². The van der Waals surface area contributed by atoms with Gasteiger partial charge in [0.15, 0.2) is 0 Å². The maximum atomic E-state index is 13.4. The van der Waals surface area contributed by atoms with E-state index in [1.54, 1.807) is 24.3 Å². The quantitative estimate of drug-likeness (QED) is 0.640. The molecule has 2 aromatic heterocycles. The van der Waals surface area contributed by atoms with Gasteiger partial charge in [-0.3, -0.25) is 0 Å². The first-order chi connectivity index (χ1) is 12.4. The zero-order valence-electron chi connectivity index (χ0n) is 13.7. The molecule has 138 valence electrons. The summed E-state index contributed by atoms with van der Waals surface area (Å²) in [7, 11) is -2.65. The predicted octanol–water partition coefficient (Wildman–Crippen LogP) is 3.05. The first kappa shape index (κ1) is 18.6. The van der Waals surface area contributed by atoms with Crippen LogP contribution in [0.1, 0.15) is 21.6 Å². The summed E-state index contributed by atoms with van der Waals surface area (Å²) < 4.78 is 50.9.